The van der Waals surface area contributed by atoms with Crippen LogP contribution in [0.15, 0.2) is 15.7 Å². The summed E-state index contributed by atoms with van der Waals surface area (Å²) >= 11 is 0. The van der Waals surface area contributed by atoms with Crippen LogP contribution in [-0.2, 0) is 24.2 Å². The van der Waals surface area contributed by atoms with Crippen LogP contribution in [0.1, 0.15) is 52.4 Å². The van der Waals surface area contributed by atoms with Gasteiger partial charge in [-0.05, 0) is 39.7 Å². The number of hydrogen-bond acceptors (Lipinski definition) is 5. The van der Waals surface area contributed by atoms with Crippen molar-refractivity contribution in [1.29, 1.82) is 5.26 Å². The molecule has 1 aliphatic rings. The first-order valence-electron chi connectivity index (χ1n) is 9.29. The Morgan fingerprint density at radius 1 is 1.36 bits per heavy atom. The predicted octanol–water partition coefficient (Wildman–Crippen LogP) is 1.34. The topological polar surface area (TPSA) is 99.0 Å². The van der Waals surface area contributed by atoms with Gasteiger partial charge in [0.1, 0.15) is 11.6 Å². The highest BCUT2D eigenvalue weighted by atomic mass is 16.5. The molecule has 0 N–H and O–H groups in total. The third kappa shape index (κ3) is 3.12. The molecule has 0 fully saturated rings. The fraction of sp³-hybridized carbons (Fsp3) is 0.500. The van der Waals surface area contributed by atoms with Crippen molar-refractivity contribution in [3.05, 3.63) is 55.1 Å². The third-order valence-corrected chi connectivity index (χ3v) is 5.38. The number of carbonyl (C=O) groups excluding carboxylic acids is 1. The molecule has 0 radical (unpaired) electrons. The molecule has 3 heterocycles. The van der Waals surface area contributed by atoms with Gasteiger partial charge in [0.05, 0.1) is 19.2 Å². The van der Waals surface area contributed by atoms with E-state index in [0.29, 0.717) is 37.3 Å². The lowest BCUT2D eigenvalue weighted by atomic mass is 10.1. The van der Waals surface area contributed by atoms with Gasteiger partial charge in [-0.3, -0.25) is 18.7 Å². The predicted molar refractivity (Wildman–Crippen MR) is 103 cm³/mol. The molecule has 0 saturated heterocycles. The second-order valence-electron chi connectivity index (χ2n) is 7.24. The number of methoxy groups -OCH3 is 1. The zero-order valence-electron chi connectivity index (χ0n) is 16.6. The molecular formula is C20H24N4O4. The van der Waals surface area contributed by atoms with Crippen LogP contribution < -0.4 is 11.2 Å². The lowest BCUT2D eigenvalue weighted by molar-refractivity contribution is 0.0967. The maximum absolute atomic E-state index is 12.9. The van der Waals surface area contributed by atoms with Gasteiger partial charge in [-0.1, -0.05) is 0 Å². The number of carbonyl (C=O) groups is 1. The van der Waals surface area contributed by atoms with E-state index in [0.717, 1.165) is 16.0 Å². The van der Waals surface area contributed by atoms with Crippen molar-refractivity contribution in [3.63, 3.8) is 0 Å². The molecule has 148 valence electrons. The zero-order chi connectivity index (χ0) is 20.6. The van der Waals surface area contributed by atoms with Crippen LogP contribution in [0.25, 0.3) is 0 Å². The summed E-state index contributed by atoms with van der Waals surface area (Å²) in [6.07, 6.45) is 1.24. The minimum absolute atomic E-state index is 0.0379. The summed E-state index contributed by atoms with van der Waals surface area (Å²) in [6.45, 7) is 6.32. The number of ether oxygens (including phenoxy) is 1. The van der Waals surface area contributed by atoms with E-state index in [-0.39, 0.29) is 23.9 Å². The Morgan fingerprint density at radius 3 is 2.71 bits per heavy atom. The van der Waals surface area contributed by atoms with Crippen molar-refractivity contribution >= 4 is 5.78 Å². The van der Waals surface area contributed by atoms with E-state index in [1.54, 1.807) is 13.2 Å². The smallest absolute Gasteiger partial charge is 0.331 e. The molecule has 28 heavy (non-hydrogen) atoms. The Morgan fingerprint density at radius 2 is 2.07 bits per heavy atom. The Labute approximate surface area is 162 Å². The van der Waals surface area contributed by atoms with E-state index in [1.807, 2.05) is 31.4 Å². The van der Waals surface area contributed by atoms with Gasteiger partial charge in [0.2, 0.25) is 0 Å². The summed E-state index contributed by atoms with van der Waals surface area (Å²) in [5.41, 5.74) is 1.37. The molecule has 0 unspecified atom stereocenters. The van der Waals surface area contributed by atoms with E-state index in [9.17, 15) is 19.6 Å². The highest BCUT2D eigenvalue weighted by Gasteiger charge is 2.25. The quantitative estimate of drug-likeness (QED) is 0.700. The van der Waals surface area contributed by atoms with Crippen molar-refractivity contribution < 1.29 is 9.53 Å². The van der Waals surface area contributed by atoms with Crippen molar-refractivity contribution in [2.75, 3.05) is 13.7 Å². The Kier molecular flexibility index (Phi) is 5.38. The highest BCUT2D eigenvalue weighted by molar-refractivity contribution is 5.97. The van der Waals surface area contributed by atoms with E-state index in [4.69, 9.17) is 4.74 Å². The summed E-state index contributed by atoms with van der Waals surface area (Å²) < 4.78 is 9.55. The minimum Gasteiger partial charge on any atom is -0.383 e. The van der Waals surface area contributed by atoms with E-state index >= 15 is 0 Å². The first-order chi connectivity index (χ1) is 13.3. The number of ketones is 1. The van der Waals surface area contributed by atoms with E-state index in [1.165, 1.54) is 4.57 Å². The average molecular weight is 384 g/mol. The van der Waals surface area contributed by atoms with Crippen molar-refractivity contribution in [1.82, 2.24) is 13.7 Å². The molecule has 2 aromatic rings. The summed E-state index contributed by atoms with van der Waals surface area (Å²) in [7, 11) is 1.62. The lowest BCUT2D eigenvalue weighted by Gasteiger charge is -2.17. The summed E-state index contributed by atoms with van der Waals surface area (Å²) in [4.78, 5) is 38.3. The monoisotopic (exact) mass is 384 g/mol. The number of hydrogen-bond donors (Lipinski definition) is 0. The van der Waals surface area contributed by atoms with E-state index in [2.05, 4.69) is 0 Å². The number of nitrogens with zero attached hydrogens (tertiary/aromatic N) is 4. The maximum Gasteiger partial charge on any atom is 0.331 e. The summed E-state index contributed by atoms with van der Waals surface area (Å²) in [5, 5.41) is 9.37. The van der Waals surface area contributed by atoms with Gasteiger partial charge in [0, 0.05) is 36.3 Å². The second kappa shape index (κ2) is 7.60. The molecule has 0 saturated carbocycles. The number of Topliss-reactive ketones (excluding diaryl/α,β-unsaturated/α-hetero) is 1. The number of aromatic nitrogens is 3. The first kappa shape index (κ1) is 19.8. The van der Waals surface area contributed by atoms with Crippen molar-refractivity contribution in [3.8, 4) is 6.07 Å². The lowest BCUT2D eigenvalue weighted by Crippen LogP contribution is -2.43. The van der Waals surface area contributed by atoms with Crippen LogP contribution in [0.5, 0.6) is 0 Å². The van der Waals surface area contributed by atoms with Crippen LogP contribution in [0.4, 0.5) is 0 Å². The summed E-state index contributed by atoms with van der Waals surface area (Å²) in [5.74, 6) is -0.328. The van der Waals surface area contributed by atoms with Gasteiger partial charge in [0.15, 0.2) is 5.78 Å². The fourth-order valence-corrected chi connectivity index (χ4v) is 4.17. The number of aryl methyl sites for hydroxylation is 1. The molecule has 2 aromatic heterocycles. The van der Waals surface area contributed by atoms with Gasteiger partial charge < -0.3 is 9.30 Å². The van der Waals surface area contributed by atoms with Crippen LogP contribution in [0.2, 0.25) is 0 Å². The number of fused-ring (bicyclic) bond motifs is 1. The largest absolute Gasteiger partial charge is 0.383 e. The molecular weight excluding hydrogens is 360 g/mol. The van der Waals surface area contributed by atoms with Crippen LogP contribution in [-0.4, -0.2) is 33.2 Å². The molecule has 0 amide bonds. The van der Waals surface area contributed by atoms with Gasteiger partial charge in [-0.2, -0.15) is 5.26 Å². The normalized spacial score (nSPS) is 14.0. The van der Waals surface area contributed by atoms with Gasteiger partial charge in [-0.25, -0.2) is 4.79 Å². The van der Waals surface area contributed by atoms with E-state index < -0.39 is 11.2 Å². The van der Waals surface area contributed by atoms with Gasteiger partial charge in [0.25, 0.3) is 5.56 Å². The minimum atomic E-state index is -0.685. The number of nitriles is 1. The molecule has 1 aliphatic heterocycles. The first-order valence-corrected chi connectivity index (χ1v) is 9.29. The Bertz CT molecular complexity index is 1100. The molecule has 8 nitrogen and oxygen atoms in total. The molecule has 8 heteroatoms. The molecule has 3 rings (SSSR count). The van der Waals surface area contributed by atoms with Crippen molar-refractivity contribution in [2.45, 2.75) is 52.7 Å². The average Bonchev–Trinajstić information content (AvgIpc) is 3.24. The molecule has 0 aromatic carbocycles. The number of rotatable bonds is 6. The van der Waals surface area contributed by atoms with Crippen molar-refractivity contribution in [2.24, 2.45) is 0 Å². The second-order valence-corrected chi connectivity index (χ2v) is 7.24. The standard InChI is InChI=1S/C20H24N4O4/c1-12-8-15(14(3)24(12)13(2)11-28-4)18(25)10-23-19(26)16(9-21)17-6-5-7-22(17)20(23)27/h8,13H,5-7,10-11H2,1-4H3/t13-/m0/s1. The third-order valence-electron chi connectivity index (χ3n) is 5.38. The van der Waals surface area contributed by atoms with Crippen LogP contribution in [0, 0.1) is 25.2 Å². The zero-order valence-corrected chi connectivity index (χ0v) is 16.6. The fourth-order valence-electron chi connectivity index (χ4n) is 4.17. The molecule has 0 spiro atoms. The SMILES string of the molecule is COC[C@H](C)n1c(C)cc(C(=O)Cn2c(=O)c(C#N)c3n(c2=O)CCC3)c1C. The van der Waals surface area contributed by atoms with Crippen LogP contribution >= 0.6 is 0 Å². The Hall–Kier alpha value is -2.92. The maximum atomic E-state index is 12.9. The molecule has 0 aliphatic carbocycles. The van der Waals surface area contributed by atoms with Gasteiger partial charge >= 0.3 is 5.69 Å². The summed E-state index contributed by atoms with van der Waals surface area (Å²) in [6, 6.07) is 3.72. The Balaban J connectivity index is 2.02. The van der Waals surface area contributed by atoms with Crippen LogP contribution in [0.3, 0.4) is 0 Å². The van der Waals surface area contributed by atoms with Gasteiger partial charge in [-0.15, -0.1) is 0 Å². The highest BCUT2D eigenvalue weighted by Crippen LogP contribution is 2.21. The molecule has 0 bridgehead atoms. The molecule has 1 atom stereocenters.